The van der Waals surface area contributed by atoms with Crippen LogP contribution in [-0.4, -0.2) is 14.8 Å². The maximum atomic E-state index is 14.0. The van der Waals surface area contributed by atoms with Crippen LogP contribution < -0.4 is 0 Å². The lowest BCUT2D eigenvalue weighted by Crippen LogP contribution is -2.04. The number of benzene rings is 3. The Morgan fingerprint density at radius 1 is 0.786 bits per heavy atom. The van der Waals surface area contributed by atoms with E-state index in [1.165, 1.54) is 30.0 Å². The normalized spacial score (nSPS) is 10.9. The van der Waals surface area contributed by atoms with Crippen LogP contribution >= 0.6 is 11.8 Å². The van der Waals surface area contributed by atoms with Crippen molar-refractivity contribution in [2.45, 2.75) is 17.3 Å². The molecule has 1 aromatic heterocycles. The average molecular weight is 393 g/mol. The van der Waals surface area contributed by atoms with E-state index >= 15 is 0 Å². The highest BCUT2D eigenvalue weighted by Crippen LogP contribution is 2.27. The third kappa shape index (κ3) is 4.12. The first-order valence-electron chi connectivity index (χ1n) is 8.81. The first-order valence-corrected chi connectivity index (χ1v) is 9.79. The van der Waals surface area contributed by atoms with Crippen molar-refractivity contribution in [3.63, 3.8) is 0 Å². The van der Waals surface area contributed by atoms with Gasteiger partial charge < -0.3 is 0 Å². The second kappa shape index (κ2) is 8.35. The van der Waals surface area contributed by atoms with Crippen molar-refractivity contribution < 1.29 is 8.78 Å². The van der Waals surface area contributed by atoms with Crippen LogP contribution in [0.3, 0.4) is 0 Å². The van der Waals surface area contributed by atoms with Crippen molar-refractivity contribution >= 4 is 11.8 Å². The summed E-state index contributed by atoms with van der Waals surface area (Å²) in [6.07, 6.45) is 0.589. The van der Waals surface area contributed by atoms with Gasteiger partial charge in [-0.2, -0.15) is 0 Å². The summed E-state index contributed by atoms with van der Waals surface area (Å²) >= 11 is 1.40. The highest BCUT2D eigenvalue weighted by atomic mass is 32.2. The van der Waals surface area contributed by atoms with Crippen LogP contribution in [-0.2, 0) is 12.2 Å². The minimum absolute atomic E-state index is 0.243. The van der Waals surface area contributed by atoms with Crippen molar-refractivity contribution in [2.75, 3.05) is 0 Å². The van der Waals surface area contributed by atoms with Gasteiger partial charge in [0.25, 0.3) is 0 Å². The lowest BCUT2D eigenvalue weighted by Gasteiger charge is -2.11. The third-order valence-corrected chi connectivity index (χ3v) is 5.28. The molecule has 0 saturated heterocycles. The lowest BCUT2D eigenvalue weighted by molar-refractivity contribution is 0.617. The monoisotopic (exact) mass is 393 g/mol. The molecule has 0 fully saturated rings. The van der Waals surface area contributed by atoms with Gasteiger partial charge in [-0.15, -0.1) is 10.2 Å². The molecule has 3 nitrogen and oxygen atoms in total. The summed E-state index contributed by atoms with van der Waals surface area (Å²) in [6.45, 7) is 0. The van der Waals surface area contributed by atoms with E-state index in [0.717, 1.165) is 17.1 Å². The molecule has 4 rings (SSSR count). The zero-order valence-electron chi connectivity index (χ0n) is 14.9. The van der Waals surface area contributed by atoms with E-state index in [1.54, 1.807) is 24.3 Å². The maximum absolute atomic E-state index is 14.0. The second-order valence-electron chi connectivity index (χ2n) is 6.25. The number of rotatable bonds is 6. The fraction of sp³-hybridized carbons (Fsp3) is 0.0909. The molecule has 0 saturated carbocycles. The minimum Gasteiger partial charge on any atom is -0.274 e. The number of hydrogen-bond donors (Lipinski definition) is 0. The number of halogens is 2. The quantitative estimate of drug-likeness (QED) is 0.409. The summed E-state index contributed by atoms with van der Waals surface area (Å²) in [5.41, 5.74) is 2.48. The summed E-state index contributed by atoms with van der Waals surface area (Å²) in [5, 5.41) is 9.30. The van der Waals surface area contributed by atoms with Gasteiger partial charge in [-0.1, -0.05) is 60.3 Å². The molecule has 0 N–H and O–H groups in total. The predicted octanol–water partition coefficient (Wildman–Crippen LogP) is 5.43. The molecule has 3 aromatic carbocycles. The lowest BCUT2D eigenvalue weighted by atomic mass is 10.1. The van der Waals surface area contributed by atoms with E-state index in [1.807, 2.05) is 41.0 Å². The number of hydrogen-bond acceptors (Lipinski definition) is 3. The van der Waals surface area contributed by atoms with Crippen LogP contribution in [0.4, 0.5) is 8.78 Å². The minimum atomic E-state index is -0.304. The molecule has 6 heteroatoms. The fourth-order valence-electron chi connectivity index (χ4n) is 2.89. The van der Waals surface area contributed by atoms with Gasteiger partial charge in [0, 0.05) is 17.9 Å². The van der Waals surface area contributed by atoms with Gasteiger partial charge in [-0.05, 0) is 41.5 Å². The third-order valence-electron chi connectivity index (χ3n) is 4.30. The zero-order chi connectivity index (χ0) is 19.3. The number of nitrogens with zero attached hydrogens (tertiary/aromatic N) is 3. The fourth-order valence-corrected chi connectivity index (χ4v) is 3.85. The molecule has 1 heterocycles. The Balaban J connectivity index is 1.67. The number of aromatic nitrogens is 3. The van der Waals surface area contributed by atoms with Gasteiger partial charge in [-0.3, -0.25) is 4.57 Å². The van der Waals surface area contributed by atoms with Crippen molar-refractivity contribution in [3.05, 3.63) is 107 Å². The molecular weight excluding hydrogens is 376 g/mol. The molecule has 0 bridgehead atoms. The SMILES string of the molecule is Fc1ccc(-n2c(Cc3ccccc3)nnc2SCc2ccccc2F)cc1. The molecule has 0 atom stereocenters. The molecule has 140 valence electrons. The Labute approximate surface area is 166 Å². The van der Waals surface area contributed by atoms with Crippen molar-refractivity contribution in [1.29, 1.82) is 0 Å². The van der Waals surface area contributed by atoms with Crippen molar-refractivity contribution in [2.24, 2.45) is 0 Å². The summed E-state index contributed by atoms with van der Waals surface area (Å²) < 4.78 is 29.3. The summed E-state index contributed by atoms with van der Waals surface area (Å²) in [4.78, 5) is 0. The Kier molecular flexibility index (Phi) is 5.48. The van der Waals surface area contributed by atoms with Crippen LogP contribution in [0.1, 0.15) is 17.0 Å². The number of thioether (sulfide) groups is 1. The Morgan fingerprint density at radius 2 is 1.50 bits per heavy atom. The molecule has 0 unspecified atom stereocenters. The summed E-state index contributed by atoms with van der Waals surface area (Å²) in [7, 11) is 0. The molecule has 0 aliphatic carbocycles. The Bertz CT molecular complexity index is 1060. The molecule has 0 amide bonds. The van der Waals surface area contributed by atoms with Gasteiger partial charge in [-0.25, -0.2) is 8.78 Å². The van der Waals surface area contributed by atoms with E-state index in [9.17, 15) is 8.78 Å². The first kappa shape index (κ1) is 18.4. The van der Waals surface area contributed by atoms with Gasteiger partial charge >= 0.3 is 0 Å². The van der Waals surface area contributed by atoms with E-state index in [0.29, 0.717) is 22.9 Å². The predicted molar refractivity (Wildman–Crippen MR) is 107 cm³/mol. The largest absolute Gasteiger partial charge is 0.274 e. The zero-order valence-corrected chi connectivity index (χ0v) is 15.7. The molecule has 0 aliphatic heterocycles. The molecule has 0 radical (unpaired) electrons. The van der Waals surface area contributed by atoms with Crippen LogP contribution in [0.25, 0.3) is 5.69 Å². The van der Waals surface area contributed by atoms with E-state index in [2.05, 4.69) is 10.2 Å². The van der Waals surface area contributed by atoms with E-state index in [4.69, 9.17) is 0 Å². The van der Waals surface area contributed by atoms with Gasteiger partial charge in [0.2, 0.25) is 0 Å². The average Bonchev–Trinajstić information content (AvgIpc) is 3.11. The molecule has 4 aromatic rings. The standard InChI is InChI=1S/C22H17F2N3S/c23-18-10-12-19(13-11-18)27-21(14-16-6-2-1-3-7-16)25-26-22(27)28-15-17-8-4-5-9-20(17)24/h1-13H,14-15H2. The van der Waals surface area contributed by atoms with Crippen LogP contribution in [0.5, 0.6) is 0 Å². The van der Waals surface area contributed by atoms with Crippen LogP contribution in [0, 0.1) is 11.6 Å². The Hall–Kier alpha value is -2.99. The van der Waals surface area contributed by atoms with Crippen molar-refractivity contribution in [3.8, 4) is 5.69 Å². The van der Waals surface area contributed by atoms with Crippen LogP contribution in [0.2, 0.25) is 0 Å². The molecule has 0 aliphatic rings. The van der Waals surface area contributed by atoms with Crippen molar-refractivity contribution in [1.82, 2.24) is 14.8 Å². The van der Waals surface area contributed by atoms with Gasteiger partial charge in [0.15, 0.2) is 5.16 Å². The summed E-state index contributed by atoms with van der Waals surface area (Å²) in [5.74, 6) is 0.625. The highest BCUT2D eigenvalue weighted by molar-refractivity contribution is 7.98. The summed E-state index contributed by atoms with van der Waals surface area (Å²) in [6, 6.07) is 22.8. The van der Waals surface area contributed by atoms with Gasteiger partial charge in [0.1, 0.15) is 17.5 Å². The highest BCUT2D eigenvalue weighted by Gasteiger charge is 2.16. The van der Waals surface area contributed by atoms with Gasteiger partial charge in [0.05, 0.1) is 0 Å². The second-order valence-corrected chi connectivity index (χ2v) is 7.20. The van der Waals surface area contributed by atoms with Crippen LogP contribution in [0.15, 0.2) is 84.0 Å². The first-order chi connectivity index (χ1) is 13.7. The van der Waals surface area contributed by atoms with E-state index < -0.39 is 0 Å². The molecule has 28 heavy (non-hydrogen) atoms. The Morgan fingerprint density at radius 3 is 2.25 bits per heavy atom. The maximum Gasteiger partial charge on any atom is 0.196 e. The molecular formula is C22H17F2N3S. The topological polar surface area (TPSA) is 30.7 Å². The molecule has 0 spiro atoms. The van der Waals surface area contributed by atoms with E-state index in [-0.39, 0.29) is 11.6 Å². The smallest absolute Gasteiger partial charge is 0.196 e.